The van der Waals surface area contributed by atoms with E-state index in [1.165, 1.54) is 5.56 Å². The normalized spacial score (nSPS) is 14.6. The Labute approximate surface area is 221 Å². The molecular formula is C30H30N4O2S. The maximum Gasteiger partial charge on any atom is 0.275 e. The molecule has 0 bridgehead atoms. The Kier molecular flexibility index (Phi) is 8.03. The standard InChI is InChI=1S/C30H30N4O2S/c1-36-25-9-10-26(23-7-3-2-4-8-23)27(20-25)32-29(35)28-21-37-30(33-28)24-13-18-34(19-14-24)17-5-6-22-11-15-31-16-12-22/h2-12,15-16,20-21,24H,13-14,17-19H2,1H3,(H,32,35). The third-order valence-corrected chi connectivity index (χ3v) is 7.64. The summed E-state index contributed by atoms with van der Waals surface area (Å²) in [5.41, 5.74) is 4.31. The summed E-state index contributed by atoms with van der Waals surface area (Å²) in [6.45, 7) is 2.98. The van der Waals surface area contributed by atoms with Crippen LogP contribution in [0.4, 0.5) is 5.69 Å². The van der Waals surface area contributed by atoms with Gasteiger partial charge >= 0.3 is 0 Å². The Bertz CT molecular complexity index is 1350. The fraction of sp³-hybridized carbons (Fsp3) is 0.233. The average Bonchev–Trinajstić information content (AvgIpc) is 3.45. The number of benzene rings is 2. The zero-order chi connectivity index (χ0) is 25.5. The van der Waals surface area contributed by atoms with Crippen LogP contribution in [0.5, 0.6) is 5.75 Å². The maximum absolute atomic E-state index is 13.2. The number of pyridine rings is 1. The first-order valence-corrected chi connectivity index (χ1v) is 13.4. The van der Waals surface area contributed by atoms with Crippen molar-refractivity contribution < 1.29 is 9.53 Å². The van der Waals surface area contributed by atoms with Crippen molar-refractivity contribution >= 4 is 29.0 Å². The number of hydrogen-bond acceptors (Lipinski definition) is 6. The largest absolute Gasteiger partial charge is 0.497 e. The fourth-order valence-electron chi connectivity index (χ4n) is 4.56. The number of methoxy groups -OCH3 is 1. The molecule has 1 aliphatic heterocycles. The molecule has 1 amide bonds. The highest BCUT2D eigenvalue weighted by atomic mass is 32.1. The quantitative estimate of drug-likeness (QED) is 0.299. The van der Waals surface area contributed by atoms with Crippen LogP contribution in [-0.2, 0) is 0 Å². The second-order valence-corrected chi connectivity index (χ2v) is 9.95. The van der Waals surface area contributed by atoms with Gasteiger partial charge in [0.05, 0.1) is 17.8 Å². The minimum absolute atomic E-state index is 0.202. The van der Waals surface area contributed by atoms with Crippen molar-refractivity contribution in [3.63, 3.8) is 0 Å². The van der Waals surface area contributed by atoms with Gasteiger partial charge in [0, 0.05) is 41.9 Å². The van der Waals surface area contributed by atoms with E-state index in [0.29, 0.717) is 23.0 Å². The number of ether oxygens (including phenoxy) is 1. The molecule has 0 atom stereocenters. The van der Waals surface area contributed by atoms with E-state index in [1.54, 1.807) is 18.4 Å². The van der Waals surface area contributed by atoms with Gasteiger partial charge in [0.2, 0.25) is 0 Å². The molecule has 0 radical (unpaired) electrons. The Morgan fingerprint density at radius 1 is 1.11 bits per heavy atom. The van der Waals surface area contributed by atoms with Crippen LogP contribution in [0.2, 0.25) is 0 Å². The summed E-state index contributed by atoms with van der Waals surface area (Å²) in [6, 6.07) is 19.8. The van der Waals surface area contributed by atoms with Crippen LogP contribution in [0.3, 0.4) is 0 Å². The first-order valence-electron chi connectivity index (χ1n) is 12.5. The molecular weight excluding hydrogens is 480 g/mol. The molecule has 0 aliphatic carbocycles. The SMILES string of the molecule is COc1ccc(-c2ccccc2)c(NC(=O)c2csc(C3CCN(CC=Cc4ccncc4)CC3)n2)c1. The summed E-state index contributed by atoms with van der Waals surface area (Å²) in [5.74, 6) is 0.881. The number of amides is 1. The Morgan fingerprint density at radius 2 is 1.89 bits per heavy atom. The lowest BCUT2D eigenvalue weighted by molar-refractivity contribution is 0.102. The number of nitrogens with one attached hydrogen (secondary N) is 1. The fourth-order valence-corrected chi connectivity index (χ4v) is 5.54. The molecule has 7 heteroatoms. The number of piperidine rings is 1. The molecule has 0 spiro atoms. The number of rotatable bonds is 8. The van der Waals surface area contributed by atoms with Gasteiger partial charge in [-0.25, -0.2) is 4.98 Å². The zero-order valence-corrected chi connectivity index (χ0v) is 21.7. The molecule has 3 heterocycles. The number of nitrogens with zero attached hydrogens (tertiary/aromatic N) is 3. The van der Waals surface area contributed by atoms with Crippen molar-refractivity contribution in [2.24, 2.45) is 0 Å². The molecule has 1 fully saturated rings. The zero-order valence-electron chi connectivity index (χ0n) is 20.8. The third kappa shape index (κ3) is 6.31. The average molecular weight is 511 g/mol. The van der Waals surface area contributed by atoms with Gasteiger partial charge in [0.1, 0.15) is 11.4 Å². The van der Waals surface area contributed by atoms with Crippen LogP contribution in [0.15, 0.2) is 84.5 Å². The van der Waals surface area contributed by atoms with Gasteiger partial charge in [-0.1, -0.05) is 42.5 Å². The molecule has 37 heavy (non-hydrogen) atoms. The molecule has 0 saturated carbocycles. The summed E-state index contributed by atoms with van der Waals surface area (Å²) in [6.07, 6.45) is 10.1. The summed E-state index contributed by atoms with van der Waals surface area (Å²) in [7, 11) is 1.62. The minimum Gasteiger partial charge on any atom is -0.497 e. The van der Waals surface area contributed by atoms with E-state index in [4.69, 9.17) is 9.72 Å². The number of hydrogen-bond donors (Lipinski definition) is 1. The van der Waals surface area contributed by atoms with Crippen molar-refractivity contribution in [2.75, 3.05) is 32.1 Å². The van der Waals surface area contributed by atoms with E-state index in [1.807, 2.05) is 78.4 Å². The predicted octanol–water partition coefficient (Wildman–Crippen LogP) is 6.36. The van der Waals surface area contributed by atoms with Crippen molar-refractivity contribution in [1.29, 1.82) is 0 Å². The number of carbonyl (C=O) groups is 1. The highest BCUT2D eigenvalue weighted by Gasteiger charge is 2.24. The molecule has 0 unspecified atom stereocenters. The van der Waals surface area contributed by atoms with Crippen LogP contribution in [-0.4, -0.2) is 47.5 Å². The summed E-state index contributed by atoms with van der Waals surface area (Å²) >= 11 is 1.58. The van der Waals surface area contributed by atoms with Gasteiger partial charge in [0.25, 0.3) is 5.91 Å². The van der Waals surface area contributed by atoms with E-state index in [0.717, 1.165) is 48.6 Å². The number of carbonyl (C=O) groups excluding carboxylic acids is 1. The number of aromatic nitrogens is 2. The second-order valence-electron chi connectivity index (χ2n) is 9.06. The first-order chi connectivity index (χ1) is 18.2. The van der Waals surface area contributed by atoms with Crippen LogP contribution in [0.1, 0.15) is 39.8 Å². The predicted molar refractivity (Wildman–Crippen MR) is 150 cm³/mol. The van der Waals surface area contributed by atoms with E-state index in [-0.39, 0.29) is 5.91 Å². The van der Waals surface area contributed by atoms with Gasteiger partial charge < -0.3 is 10.1 Å². The lowest BCUT2D eigenvalue weighted by atomic mass is 9.97. The molecule has 2 aromatic heterocycles. The smallest absolute Gasteiger partial charge is 0.275 e. The molecule has 2 aromatic carbocycles. The molecule has 1 saturated heterocycles. The third-order valence-electron chi connectivity index (χ3n) is 6.63. The van der Waals surface area contributed by atoms with E-state index >= 15 is 0 Å². The maximum atomic E-state index is 13.2. The van der Waals surface area contributed by atoms with Gasteiger partial charge in [-0.2, -0.15) is 0 Å². The monoisotopic (exact) mass is 510 g/mol. The summed E-state index contributed by atoms with van der Waals surface area (Å²) in [5, 5.41) is 5.98. The topological polar surface area (TPSA) is 67.3 Å². The molecule has 1 aliphatic rings. The highest BCUT2D eigenvalue weighted by molar-refractivity contribution is 7.10. The van der Waals surface area contributed by atoms with Crippen LogP contribution < -0.4 is 10.1 Å². The Hall–Kier alpha value is -3.81. The van der Waals surface area contributed by atoms with Crippen molar-refractivity contribution in [1.82, 2.24) is 14.9 Å². The lowest BCUT2D eigenvalue weighted by Gasteiger charge is -2.30. The van der Waals surface area contributed by atoms with Crippen molar-refractivity contribution in [2.45, 2.75) is 18.8 Å². The Morgan fingerprint density at radius 3 is 2.65 bits per heavy atom. The summed E-state index contributed by atoms with van der Waals surface area (Å²) < 4.78 is 5.40. The van der Waals surface area contributed by atoms with E-state index < -0.39 is 0 Å². The lowest BCUT2D eigenvalue weighted by Crippen LogP contribution is -2.33. The number of thiazole rings is 1. The van der Waals surface area contributed by atoms with E-state index in [2.05, 4.69) is 27.4 Å². The Balaban J connectivity index is 1.20. The van der Waals surface area contributed by atoms with Crippen molar-refractivity contribution in [3.8, 4) is 16.9 Å². The highest BCUT2D eigenvalue weighted by Crippen LogP contribution is 2.33. The van der Waals surface area contributed by atoms with Crippen molar-refractivity contribution in [3.05, 3.63) is 101 Å². The first kappa shape index (κ1) is 24.9. The molecule has 1 N–H and O–H groups in total. The van der Waals surface area contributed by atoms with Crippen LogP contribution >= 0.6 is 11.3 Å². The number of likely N-dealkylation sites (tertiary alicyclic amines) is 1. The van der Waals surface area contributed by atoms with Gasteiger partial charge in [-0.05, 0) is 61.3 Å². The molecule has 188 valence electrons. The molecule has 6 nitrogen and oxygen atoms in total. The van der Waals surface area contributed by atoms with Crippen LogP contribution in [0.25, 0.3) is 17.2 Å². The second kappa shape index (κ2) is 12.0. The minimum atomic E-state index is -0.202. The van der Waals surface area contributed by atoms with E-state index in [9.17, 15) is 4.79 Å². The van der Waals surface area contributed by atoms with Crippen LogP contribution in [0, 0.1) is 0 Å². The van der Waals surface area contributed by atoms with Gasteiger partial charge in [-0.3, -0.25) is 14.7 Å². The van der Waals surface area contributed by atoms with Gasteiger partial charge in [0.15, 0.2) is 0 Å². The molecule has 5 rings (SSSR count). The molecule has 4 aromatic rings. The number of anilines is 1. The summed E-state index contributed by atoms with van der Waals surface area (Å²) in [4.78, 5) is 24.4. The van der Waals surface area contributed by atoms with Gasteiger partial charge in [-0.15, -0.1) is 11.3 Å².